The van der Waals surface area contributed by atoms with E-state index in [0.717, 1.165) is 47.7 Å². The minimum atomic E-state index is 0.672. The summed E-state index contributed by atoms with van der Waals surface area (Å²) >= 11 is 0. The molecule has 5 nitrogen and oxygen atoms in total. The Morgan fingerprint density at radius 3 is 2.88 bits per heavy atom. The fourth-order valence-electron chi connectivity index (χ4n) is 3.32. The third kappa shape index (κ3) is 2.95. The van der Waals surface area contributed by atoms with Gasteiger partial charge in [-0.3, -0.25) is 4.98 Å². The fraction of sp³-hybridized carbons (Fsp3) is 0.316. The Bertz CT molecular complexity index is 828. The van der Waals surface area contributed by atoms with E-state index in [2.05, 4.69) is 28.3 Å². The highest BCUT2D eigenvalue weighted by molar-refractivity contribution is 5.90. The van der Waals surface area contributed by atoms with Gasteiger partial charge in [0.25, 0.3) is 0 Å². The molecule has 2 aromatic heterocycles. The van der Waals surface area contributed by atoms with Crippen LogP contribution in [-0.2, 0) is 0 Å². The van der Waals surface area contributed by atoms with Gasteiger partial charge < -0.3 is 10.2 Å². The van der Waals surface area contributed by atoms with Crippen molar-refractivity contribution in [3.05, 3.63) is 48.8 Å². The van der Waals surface area contributed by atoms with Crippen molar-refractivity contribution in [2.45, 2.75) is 6.42 Å². The third-order valence-electron chi connectivity index (χ3n) is 4.56. The highest BCUT2D eigenvalue weighted by Crippen LogP contribution is 2.27. The highest BCUT2D eigenvalue weighted by Gasteiger charge is 2.19. The first-order valence-corrected chi connectivity index (χ1v) is 8.40. The molecular formula is C19H21N5. The Labute approximate surface area is 141 Å². The Balaban J connectivity index is 1.77. The number of nitrogens with zero attached hydrogens (tertiary/aromatic N) is 4. The second-order valence-corrected chi connectivity index (χ2v) is 6.37. The van der Waals surface area contributed by atoms with E-state index in [-0.39, 0.29) is 0 Å². The third-order valence-corrected chi connectivity index (χ3v) is 4.56. The molecule has 1 unspecified atom stereocenters. The van der Waals surface area contributed by atoms with Gasteiger partial charge in [-0.25, -0.2) is 9.97 Å². The van der Waals surface area contributed by atoms with Crippen LogP contribution in [0.2, 0.25) is 0 Å². The quantitative estimate of drug-likeness (QED) is 0.801. The van der Waals surface area contributed by atoms with Gasteiger partial charge in [-0.15, -0.1) is 0 Å². The SMILES string of the molecule is CN(CC1CCNC1)c1nc(-c2cccnc2)nc2ccccc12. The van der Waals surface area contributed by atoms with Crippen LogP contribution in [0.25, 0.3) is 22.3 Å². The number of anilines is 1. The van der Waals surface area contributed by atoms with Crippen molar-refractivity contribution < 1.29 is 0 Å². The molecule has 3 aromatic rings. The maximum Gasteiger partial charge on any atom is 0.163 e. The van der Waals surface area contributed by atoms with Crippen molar-refractivity contribution in [1.29, 1.82) is 0 Å². The van der Waals surface area contributed by atoms with E-state index >= 15 is 0 Å². The number of hydrogen-bond donors (Lipinski definition) is 1. The molecule has 0 spiro atoms. The largest absolute Gasteiger partial charge is 0.359 e. The number of rotatable bonds is 4. The lowest BCUT2D eigenvalue weighted by Crippen LogP contribution is -2.27. The van der Waals surface area contributed by atoms with Crippen LogP contribution in [0, 0.1) is 5.92 Å². The van der Waals surface area contributed by atoms with Crippen LogP contribution in [0.3, 0.4) is 0 Å². The Morgan fingerprint density at radius 2 is 2.08 bits per heavy atom. The molecule has 1 aliphatic rings. The number of para-hydroxylation sites is 1. The Morgan fingerprint density at radius 1 is 1.17 bits per heavy atom. The van der Waals surface area contributed by atoms with E-state index < -0.39 is 0 Å². The molecule has 1 atom stereocenters. The maximum atomic E-state index is 4.87. The van der Waals surface area contributed by atoms with Gasteiger partial charge in [0.1, 0.15) is 5.82 Å². The van der Waals surface area contributed by atoms with Gasteiger partial charge in [0.05, 0.1) is 5.52 Å². The number of fused-ring (bicyclic) bond motifs is 1. The Hall–Kier alpha value is -2.53. The summed E-state index contributed by atoms with van der Waals surface area (Å²) in [6.45, 7) is 3.20. The topological polar surface area (TPSA) is 53.9 Å². The molecular weight excluding hydrogens is 298 g/mol. The second-order valence-electron chi connectivity index (χ2n) is 6.37. The number of pyridine rings is 1. The van der Waals surface area contributed by atoms with Gasteiger partial charge in [0.2, 0.25) is 0 Å². The van der Waals surface area contributed by atoms with Crippen LogP contribution in [-0.4, -0.2) is 41.6 Å². The summed E-state index contributed by atoms with van der Waals surface area (Å²) in [5.41, 5.74) is 1.91. The fourth-order valence-corrected chi connectivity index (χ4v) is 3.32. The summed E-state index contributed by atoms with van der Waals surface area (Å²) in [6.07, 6.45) is 4.81. The van der Waals surface area contributed by atoms with Crippen LogP contribution in [0.5, 0.6) is 0 Å². The number of hydrogen-bond acceptors (Lipinski definition) is 5. The zero-order valence-corrected chi connectivity index (χ0v) is 13.8. The molecule has 24 heavy (non-hydrogen) atoms. The van der Waals surface area contributed by atoms with Gasteiger partial charge in [0.15, 0.2) is 5.82 Å². The zero-order valence-electron chi connectivity index (χ0n) is 13.8. The molecule has 1 saturated heterocycles. The van der Waals surface area contributed by atoms with Crippen LogP contribution in [0.15, 0.2) is 48.8 Å². The second kappa shape index (κ2) is 6.53. The summed E-state index contributed by atoms with van der Waals surface area (Å²) in [4.78, 5) is 16.1. The smallest absolute Gasteiger partial charge is 0.163 e. The molecule has 4 rings (SSSR count). The minimum absolute atomic E-state index is 0.672. The van der Waals surface area contributed by atoms with Gasteiger partial charge in [-0.1, -0.05) is 12.1 Å². The molecule has 0 saturated carbocycles. The first-order chi connectivity index (χ1) is 11.8. The number of aromatic nitrogens is 3. The molecule has 1 aliphatic heterocycles. The van der Waals surface area contributed by atoms with Crippen LogP contribution < -0.4 is 10.2 Å². The highest BCUT2D eigenvalue weighted by atomic mass is 15.2. The maximum absolute atomic E-state index is 4.87. The summed E-state index contributed by atoms with van der Waals surface area (Å²) in [6, 6.07) is 12.1. The van der Waals surface area contributed by atoms with Crippen LogP contribution in [0.4, 0.5) is 5.82 Å². The summed E-state index contributed by atoms with van der Waals surface area (Å²) in [5.74, 6) is 2.39. The summed E-state index contributed by atoms with van der Waals surface area (Å²) < 4.78 is 0. The van der Waals surface area contributed by atoms with E-state index in [0.29, 0.717) is 5.92 Å². The lowest BCUT2D eigenvalue weighted by molar-refractivity contribution is 0.576. The molecule has 0 bridgehead atoms. The summed E-state index contributed by atoms with van der Waals surface area (Å²) in [7, 11) is 2.13. The van der Waals surface area contributed by atoms with E-state index in [1.807, 2.05) is 36.5 Å². The van der Waals surface area contributed by atoms with Crippen molar-refractivity contribution in [2.75, 3.05) is 31.6 Å². The first-order valence-electron chi connectivity index (χ1n) is 8.40. The van der Waals surface area contributed by atoms with Crippen LogP contribution in [0.1, 0.15) is 6.42 Å². The van der Waals surface area contributed by atoms with Gasteiger partial charge >= 0.3 is 0 Å². The molecule has 1 fully saturated rings. The predicted molar refractivity (Wildman–Crippen MR) is 97.0 cm³/mol. The van der Waals surface area contributed by atoms with Crippen molar-refractivity contribution in [3.8, 4) is 11.4 Å². The standard InChI is InChI=1S/C19H21N5/c1-24(13-14-8-10-21-11-14)19-16-6-2-3-7-17(16)22-18(23-19)15-5-4-9-20-12-15/h2-7,9,12,14,21H,8,10-11,13H2,1H3. The van der Waals surface area contributed by atoms with E-state index in [1.165, 1.54) is 6.42 Å². The van der Waals surface area contributed by atoms with Crippen molar-refractivity contribution in [2.24, 2.45) is 5.92 Å². The normalized spacial score (nSPS) is 17.3. The summed E-state index contributed by atoms with van der Waals surface area (Å²) in [5, 5.41) is 4.53. The van der Waals surface area contributed by atoms with E-state index in [4.69, 9.17) is 9.97 Å². The molecule has 122 valence electrons. The van der Waals surface area contributed by atoms with Crippen molar-refractivity contribution >= 4 is 16.7 Å². The van der Waals surface area contributed by atoms with Crippen molar-refractivity contribution in [3.63, 3.8) is 0 Å². The minimum Gasteiger partial charge on any atom is -0.359 e. The van der Waals surface area contributed by atoms with Crippen LogP contribution >= 0.6 is 0 Å². The Kier molecular flexibility index (Phi) is 4.09. The molecule has 1 aromatic carbocycles. The van der Waals surface area contributed by atoms with E-state index in [1.54, 1.807) is 6.20 Å². The lowest BCUT2D eigenvalue weighted by Gasteiger charge is -2.23. The average Bonchev–Trinajstić information content (AvgIpc) is 3.14. The van der Waals surface area contributed by atoms with Gasteiger partial charge in [0, 0.05) is 36.9 Å². The molecule has 0 amide bonds. The number of nitrogens with one attached hydrogen (secondary N) is 1. The predicted octanol–water partition coefficient (Wildman–Crippen LogP) is 2.74. The molecule has 1 N–H and O–H groups in total. The molecule has 0 aliphatic carbocycles. The zero-order chi connectivity index (χ0) is 16.4. The molecule has 0 radical (unpaired) electrons. The van der Waals surface area contributed by atoms with Crippen molar-refractivity contribution in [1.82, 2.24) is 20.3 Å². The van der Waals surface area contributed by atoms with E-state index in [9.17, 15) is 0 Å². The lowest BCUT2D eigenvalue weighted by atomic mass is 10.1. The van der Waals surface area contributed by atoms with Gasteiger partial charge in [-0.2, -0.15) is 0 Å². The molecule has 3 heterocycles. The number of benzene rings is 1. The first kappa shape index (κ1) is 15.0. The average molecular weight is 319 g/mol. The molecule has 5 heteroatoms. The monoisotopic (exact) mass is 319 g/mol. The van der Waals surface area contributed by atoms with Gasteiger partial charge in [-0.05, 0) is 49.7 Å².